The van der Waals surface area contributed by atoms with E-state index >= 15 is 0 Å². The van der Waals surface area contributed by atoms with Crippen LogP contribution in [-0.4, -0.2) is 30.9 Å². The Hall–Kier alpha value is -3.46. The van der Waals surface area contributed by atoms with E-state index in [1.165, 1.54) is 30.5 Å². The Bertz CT molecular complexity index is 1220. The standard InChI is InChI=1S/C20H16FN5O2S/c1-12(18(27)23-14-9-7-13(21)8-10-14)29-20-24-17-16(19(28)25-20)11-22-26(17)15-5-3-2-4-6-15/h2-12H,1H3,(H,23,27)(H,24,25,28)/t12-/m0/s1. The maximum Gasteiger partial charge on any atom is 0.262 e. The van der Waals surface area contributed by atoms with Gasteiger partial charge in [0.25, 0.3) is 5.56 Å². The Morgan fingerprint density at radius 2 is 1.90 bits per heavy atom. The number of para-hydroxylation sites is 1. The lowest BCUT2D eigenvalue weighted by Crippen LogP contribution is -2.23. The van der Waals surface area contributed by atoms with Crippen molar-refractivity contribution in [3.63, 3.8) is 0 Å². The summed E-state index contributed by atoms with van der Waals surface area (Å²) in [4.78, 5) is 32.0. The first-order valence-corrected chi connectivity index (χ1v) is 9.66. The summed E-state index contributed by atoms with van der Waals surface area (Å²) in [6, 6.07) is 14.8. The normalized spacial score (nSPS) is 12.1. The summed E-state index contributed by atoms with van der Waals surface area (Å²) >= 11 is 1.12. The first-order chi connectivity index (χ1) is 14.0. The van der Waals surface area contributed by atoms with Gasteiger partial charge >= 0.3 is 0 Å². The second-order valence-electron chi connectivity index (χ2n) is 6.26. The molecular formula is C20H16FN5O2S. The molecular weight excluding hydrogens is 393 g/mol. The lowest BCUT2D eigenvalue weighted by Gasteiger charge is -2.11. The third-order valence-corrected chi connectivity index (χ3v) is 5.17. The van der Waals surface area contributed by atoms with Gasteiger partial charge in [-0.1, -0.05) is 30.0 Å². The van der Waals surface area contributed by atoms with Crippen molar-refractivity contribution in [2.24, 2.45) is 0 Å². The van der Waals surface area contributed by atoms with Crippen molar-refractivity contribution in [2.45, 2.75) is 17.3 Å². The smallest absolute Gasteiger partial charge is 0.262 e. The molecule has 4 rings (SSSR count). The van der Waals surface area contributed by atoms with Crippen LogP contribution in [0.3, 0.4) is 0 Å². The summed E-state index contributed by atoms with van der Waals surface area (Å²) in [7, 11) is 0. The van der Waals surface area contributed by atoms with Gasteiger partial charge in [-0.05, 0) is 43.3 Å². The molecule has 29 heavy (non-hydrogen) atoms. The van der Waals surface area contributed by atoms with Crippen molar-refractivity contribution < 1.29 is 9.18 Å². The SMILES string of the molecule is C[C@H](Sc1nc2c(cnn2-c2ccccc2)c(=O)[nH]1)C(=O)Nc1ccc(F)cc1. The number of thioether (sulfide) groups is 1. The molecule has 1 atom stereocenters. The number of benzene rings is 2. The minimum absolute atomic E-state index is 0.291. The van der Waals surface area contributed by atoms with E-state index in [0.29, 0.717) is 21.9 Å². The zero-order chi connectivity index (χ0) is 20.4. The van der Waals surface area contributed by atoms with Crippen LogP contribution in [0.4, 0.5) is 10.1 Å². The summed E-state index contributed by atoms with van der Waals surface area (Å²) in [6.45, 7) is 1.70. The molecule has 9 heteroatoms. The zero-order valence-electron chi connectivity index (χ0n) is 15.3. The number of carbonyl (C=O) groups excluding carboxylic acids is 1. The predicted octanol–water partition coefficient (Wildman–Crippen LogP) is 3.37. The number of aromatic amines is 1. The number of amides is 1. The molecule has 4 aromatic rings. The Morgan fingerprint density at radius 3 is 2.62 bits per heavy atom. The third-order valence-electron chi connectivity index (χ3n) is 4.19. The summed E-state index contributed by atoms with van der Waals surface area (Å²) in [6.07, 6.45) is 1.47. The Labute approximate surface area is 169 Å². The fourth-order valence-electron chi connectivity index (χ4n) is 2.71. The number of anilines is 1. The maximum atomic E-state index is 13.0. The van der Waals surface area contributed by atoms with Crippen LogP contribution < -0.4 is 10.9 Å². The molecule has 7 nitrogen and oxygen atoms in total. The van der Waals surface area contributed by atoms with Crippen LogP contribution in [0, 0.1) is 5.82 Å². The van der Waals surface area contributed by atoms with Gasteiger partial charge in [0.1, 0.15) is 11.2 Å². The van der Waals surface area contributed by atoms with Gasteiger partial charge in [-0.15, -0.1) is 0 Å². The van der Waals surface area contributed by atoms with Crippen LogP contribution in [0.25, 0.3) is 16.7 Å². The highest BCUT2D eigenvalue weighted by atomic mass is 32.2. The number of carbonyl (C=O) groups is 1. The van der Waals surface area contributed by atoms with E-state index in [1.54, 1.807) is 11.6 Å². The largest absolute Gasteiger partial charge is 0.325 e. The second kappa shape index (κ2) is 7.88. The number of H-pyrrole nitrogens is 1. The molecule has 2 N–H and O–H groups in total. The van der Waals surface area contributed by atoms with Crippen LogP contribution >= 0.6 is 11.8 Å². The molecule has 146 valence electrons. The Kier molecular flexibility index (Phi) is 5.13. The van der Waals surface area contributed by atoms with Crippen molar-refractivity contribution in [3.8, 4) is 5.69 Å². The van der Waals surface area contributed by atoms with E-state index in [2.05, 4.69) is 20.4 Å². The van der Waals surface area contributed by atoms with Gasteiger partial charge in [-0.3, -0.25) is 9.59 Å². The first kappa shape index (κ1) is 18.9. The van der Waals surface area contributed by atoms with Crippen LogP contribution in [-0.2, 0) is 4.79 Å². The molecule has 0 spiro atoms. The van der Waals surface area contributed by atoms with Crippen LogP contribution in [0.1, 0.15) is 6.92 Å². The van der Waals surface area contributed by atoms with Gasteiger partial charge in [-0.25, -0.2) is 14.1 Å². The van der Waals surface area contributed by atoms with Crippen molar-refractivity contribution in [2.75, 3.05) is 5.32 Å². The van der Waals surface area contributed by atoms with Crippen molar-refractivity contribution in [1.82, 2.24) is 19.7 Å². The number of halogens is 1. The highest BCUT2D eigenvalue weighted by Gasteiger charge is 2.18. The number of rotatable bonds is 5. The molecule has 2 aromatic heterocycles. The summed E-state index contributed by atoms with van der Waals surface area (Å²) in [5.74, 6) is -0.670. The lowest BCUT2D eigenvalue weighted by molar-refractivity contribution is -0.115. The molecule has 0 unspecified atom stereocenters. The molecule has 1 amide bonds. The summed E-state index contributed by atoms with van der Waals surface area (Å²) in [5, 5.41) is 7.09. The lowest BCUT2D eigenvalue weighted by atomic mass is 10.3. The van der Waals surface area contributed by atoms with Gasteiger partial charge in [0.05, 0.1) is 17.1 Å². The van der Waals surface area contributed by atoms with Gasteiger partial charge in [0, 0.05) is 5.69 Å². The molecule has 0 saturated carbocycles. The van der Waals surface area contributed by atoms with Crippen molar-refractivity contribution in [1.29, 1.82) is 0 Å². The molecule has 0 aliphatic rings. The van der Waals surface area contributed by atoms with E-state index in [4.69, 9.17) is 0 Å². The Morgan fingerprint density at radius 1 is 1.17 bits per heavy atom. The van der Waals surface area contributed by atoms with Gasteiger partial charge < -0.3 is 10.3 Å². The van der Waals surface area contributed by atoms with Gasteiger partial charge in [-0.2, -0.15) is 5.10 Å². The quantitative estimate of drug-likeness (QED) is 0.389. The maximum absolute atomic E-state index is 13.0. The number of nitrogens with zero attached hydrogens (tertiary/aromatic N) is 3. The Balaban J connectivity index is 1.58. The van der Waals surface area contributed by atoms with Crippen LogP contribution in [0.5, 0.6) is 0 Å². The van der Waals surface area contributed by atoms with E-state index in [-0.39, 0.29) is 17.3 Å². The van der Waals surface area contributed by atoms with Crippen molar-refractivity contribution in [3.05, 3.63) is 77.0 Å². The second-order valence-corrected chi connectivity index (χ2v) is 7.59. The fourth-order valence-corrected chi connectivity index (χ4v) is 3.50. The van der Waals surface area contributed by atoms with Crippen LogP contribution in [0.2, 0.25) is 0 Å². The number of hydrogen-bond donors (Lipinski definition) is 2. The fraction of sp³-hybridized carbons (Fsp3) is 0.100. The zero-order valence-corrected chi connectivity index (χ0v) is 16.1. The highest BCUT2D eigenvalue weighted by Crippen LogP contribution is 2.22. The third kappa shape index (κ3) is 4.04. The van der Waals surface area contributed by atoms with Crippen molar-refractivity contribution >= 4 is 34.4 Å². The molecule has 0 radical (unpaired) electrons. The average molecular weight is 409 g/mol. The van der Waals surface area contributed by atoms with E-state index < -0.39 is 5.25 Å². The number of nitrogens with one attached hydrogen (secondary N) is 2. The van der Waals surface area contributed by atoms with E-state index in [0.717, 1.165) is 17.4 Å². The molecule has 0 saturated heterocycles. The molecule has 0 bridgehead atoms. The molecule has 0 fully saturated rings. The number of fused-ring (bicyclic) bond motifs is 1. The minimum Gasteiger partial charge on any atom is -0.325 e. The topological polar surface area (TPSA) is 92.7 Å². The minimum atomic E-state index is -0.547. The number of aromatic nitrogens is 4. The van der Waals surface area contributed by atoms with Gasteiger partial charge in [0.2, 0.25) is 5.91 Å². The summed E-state index contributed by atoms with van der Waals surface area (Å²) < 4.78 is 14.6. The molecule has 2 heterocycles. The van der Waals surface area contributed by atoms with E-state index in [1.807, 2.05) is 30.3 Å². The highest BCUT2D eigenvalue weighted by molar-refractivity contribution is 8.00. The molecule has 0 aliphatic carbocycles. The monoisotopic (exact) mass is 409 g/mol. The predicted molar refractivity (Wildman–Crippen MR) is 110 cm³/mol. The molecule has 2 aromatic carbocycles. The van der Waals surface area contributed by atoms with Gasteiger partial charge in [0.15, 0.2) is 10.8 Å². The number of hydrogen-bond acceptors (Lipinski definition) is 5. The van der Waals surface area contributed by atoms with E-state index in [9.17, 15) is 14.0 Å². The summed E-state index contributed by atoms with van der Waals surface area (Å²) in [5.41, 5.74) is 1.35. The first-order valence-electron chi connectivity index (χ1n) is 8.78. The van der Waals surface area contributed by atoms with Crippen LogP contribution in [0.15, 0.2) is 70.7 Å². The average Bonchev–Trinajstić information content (AvgIpc) is 3.15. The molecule has 0 aliphatic heterocycles.